The van der Waals surface area contributed by atoms with Gasteiger partial charge in [-0.25, -0.2) is 4.98 Å². The number of carbonyl (C=O) groups is 1. The molecule has 1 aliphatic heterocycles. The summed E-state index contributed by atoms with van der Waals surface area (Å²) in [6, 6.07) is 12.1. The summed E-state index contributed by atoms with van der Waals surface area (Å²) in [6.45, 7) is 5.29. The van der Waals surface area contributed by atoms with E-state index in [9.17, 15) is 4.79 Å². The summed E-state index contributed by atoms with van der Waals surface area (Å²) in [7, 11) is 2.16. The van der Waals surface area contributed by atoms with Crippen molar-refractivity contribution in [3.8, 4) is 9.88 Å². The van der Waals surface area contributed by atoms with E-state index in [0.29, 0.717) is 4.88 Å². The van der Waals surface area contributed by atoms with Crippen molar-refractivity contribution < 1.29 is 4.79 Å². The van der Waals surface area contributed by atoms with Crippen LogP contribution in [0, 0.1) is 0 Å². The highest BCUT2D eigenvalue weighted by molar-refractivity contribution is 7.22. The van der Waals surface area contributed by atoms with Gasteiger partial charge in [-0.2, -0.15) is 0 Å². The number of benzene rings is 1. The maximum atomic E-state index is 12.6. The first-order valence-electron chi connectivity index (χ1n) is 8.98. The highest BCUT2D eigenvalue weighted by Gasteiger charge is 2.15. The highest BCUT2D eigenvalue weighted by atomic mass is 32.1. The Balaban J connectivity index is 1.40. The number of carbonyl (C=O) groups excluding carboxylic acids is 1. The Labute approximate surface area is 167 Å². The maximum Gasteiger partial charge on any atom is 0.267 e. The molecule has 0 spiro atoms. The SMILES string of the molecule is CN1CCN(Cc2cccc(NC(=O)c3cnc(-c4cccs4)s3)c2)CC1. The second-order valence-corrected chi connectivity index (χ2v) is 8.72. The first-order valence-corrected chi connectivity index (χ1v) is 10.7. The number of hydrogen-bond acceptors (Lipinski definition) is 6. The summed E-state index contributed by atoms with van der Waals surface area (Å²) in [5.74, 6) is -0.105. The molecule has 3 aromatic rings. The lowest BCUT2D eigenvalue weighted by atomic mass is 10.1. The molecule has 0 atom stereocenters. The molecule has 1 amide bonds. The van der Waals surface area contributed by atoms with Crippen molar-refractivity contribution in [1.82, 2.24) is 14.8 Å². The summed E-state index contributed by atoms with van der Waals surface area (Å²) in [6.07, 6.45) is 1.66. The Morgan fingerprint density at radius 3 is 2.81 bits per heavy atom. The number of thiazole rings is 1. The van der Waals surface area contributed by atoms with Crippen molar-refractivity contribution in [3.63, 3.8) is 0 Å². The lowest BCUT2D eigenvalue weighted by Crippen LogP contribution is -2.43. The molecule has 3 heterocycles. The van der Waals surface area contributed by atoms with Crippen molar-refractivity contribution in [3.05, 3.63) is 58.4 Å². The number of piperazine rings is 1. The molecule has 7 heteroatoms. The van der Waals surface area contributed by atoms with Gasteiger partial charge < -0.3 is 10.2 Å². The van der Waals surface area contributed by atoms with Crippen LogP contribution >= 0.6 is 22.7 Å². The molecular weight excluding hydrogens is 376 g/mol. The molecule has 2 aromatic heterocycles. The van der Waals surface area contributed by atoms with Gasteiger partial charge in [0.1, 0.15) is 9.88 Å². The van der Waals surface area contributed by atoms with E-state index in [4.69, 9.17) is 0 Å². The van der Waals surface area contributed by atoms with Crippen molar-refractivity contribution in [2.45, 2.75) is 6.54 Å². The number of thiophene rings is 1. The molecule has 1 saturated heterocycles. The van der Waals surface area contributed by atoms with E-state index in [2.05, 4.69) is 39.3 Å². The van der Waals surface area contributed by atoms with Crippen LogP contribution in [0.5, 0.6) is 0 Å². The molecule has 1 fully saturated rings. The topological polar surface area (TPSA) is 48.5 Å². The third-order valence-corrected chi connectivity index (χ3v) is 6.68. The van der Waals surface area contributed by atoms with Crippen LogP contribution in [0.25, 0.3) is 9.88 Å². The smallest absolute Gasteiger partial charge is 0.267 e. The third-order valence-electron chi connectivity index (χ3n) is 4.65. The largest absolute Gasteiger partial charge is 0.321 e. The molecule has 1 N–H and O–H groups in total. The molecule has 4 rings (SSSR count). The lowest BCUT2D eigenvalue weighted by molar-refractivity contribution is 0.103. The van der Waals surface area contributed by atoms with Gasteiger partial charge in [0, 0.05) is 38.4 Å². The first kappa shape index (κ1) is 18.3. The van der Waals surface area contributed by atoms with E-state index in [0.717, 1.165) is 48.3 Å². The minimum Gasteiger partial charge on any atom is -0.321 e. The third kappa shape index (κ3) is 4.62. The van der Waals surface area contributed by atoms with E-state index in [1.54, 1.807) is 17.5 Å². The van der Waals surface area contributed by atoms with Gasteiger partial charge in [-0.1, -0.05) is 18.2 Å². The number of likely N-dealkylation sites (N-methyl/N-ethyl adjacent to an activating group) is 1. The quantitative estimate of drug-likeness (QED) is 0.709. The van der Waals surface area contributed by atoms with E-state index in [1.165, 1.54) is 16.9 Å². The van der Waals surface area contributed by atoms with Crippen LogP contribution < -0.4 is 5.32 Å². The summed E-state index contributed by atoms with van der Waals surface area (Å²) in [4.78, 5) is 23.5. The minimum absolute atomic E-state index is 0.105. The summed E-state index contributed by atoms with van der Waals surface area (Å²) < 4.78 is 0. The number of nitrogens with one attached hydrogen (secondary N) is 1. The normalized spacial score (nSPS) is 15.7. The van der Waals surface area contributed by atoms with Crippen LogP contribution in [0.4, 0.5) is 5.69 Å². The molecule has 0 saturated carbocycles. The molecule has 1 aromatic carbocycles. The van der Waals surface area contributed by atoms with E-state index in [-0.39, 0.29) is 5.91 Å². The molecule has 140 valence electrons. The molecule has 5 nitrogen and oxygen atoms in total. The number of rotatable bonds is 5. The van der Waals surface area contributed by atoms with Gasteiger partial charge in [-0.15, -0.1) is 22.7 Å². The highest BCUT2D eigenvalue weighted by Crippen LogP contribution is 2.29. The maximum absolute atomic E-state index is 12.6. The Kier molecular flexibility index (Phi) is 5.63. The zero-order valence-electron chi connectivity index (χ0n) is 15.2. The van der Waals surface area contributed by atoms with Crippen molar-refractivity contribution in [2.24, 2.45) is 0 Å². The van der Waals surface area contributed by atoms with Gasteiger partial charge in [-0.3, -0.25) is 9.69 Å². The van der Waals surface area contributed by atoms with Crippen LogP contribution in [0.2, 0.25) is 0 Å². The summed E-state index contributed by atoms with van der Waals surface area (Å²) in [5.41, 5.74) is 2.05. The fourth-order valence-corrected chi connectivity index (χ4v) is 4.71. The van der Waals surface area contributed by atoms with Crippen molar-refractivity contribution in [2.75, 3.05) is 38.5 Å². The number of hydrogen-bond donors (Lipinski definition) is 1. The fourth-order valence-electron chi connectivity index (χ4n) is 3.10. The van der Waals surface area contributed by atoms with E-state index >= 15 is 0 Å². The molecule has 1 aliphatic rings. The second-order valence-electron chi connectivity index (χ2n) is 6.74. The average molecular weight is 399 g/mol. The number of amides is 1. The summed E-state index contributed by atoms with van der Waals surface area (Å²) >= 11 is 3.06. The van der Waals surface area contributed by atoms with Crippen LogP contribution in [0.15, 0.2) is 48.0 Å². The lowest BCUT2D eigenvalue weighted by Gasteiger charge is -2.32. The molecule has 0 aliphatic carbocycles. The number of nitrogens with zero attached hydrogens (tertiary/aromatic N) is 3. The Morgan fingerprint density at radius 2 is 2.04 bits per heavy atom. The van der Waals surface area contributed by atoms with Gasteiger partial charge in [0.15, 0.2) is 0 Å². The minimum atomic E-state index is -0.105. The van der Waals surface area contributed by atoms with Crippen molar-refractivity contribution in [1.29, 1.82) is 0 Å². The Hall–Kier alpha value is -2.06. The second kappa shape index (κ2) is 8.31. The predicted octanol–water partition coefficient (Wildman–Crippen LogP) is 3.87. The Morgan fingerprint density at radius 1 is 1.19 bits per heavy atom. The fraction of sp³-hybridized carbons (Fsp3) is 0.300. The Bertz CT molecular complexity index is 898. The van der Waals surface area contributed by atoms with Gasteiger partial charge in [-0.05, 0) is 36.2 Å². The van der Waals surface area contributed by atoms with Gasteiger partial charge in [0.2, 0.25) is 0 Å². The standard InChI is InChI=1S/C20H22N4OS2/c1-23-7-9-24(10-8-23)14-15-4-2-5-16(12-15)22-19(25)18-13-21-20(27-18)17-6-3-11-26-17/h2-6,11-13H,7-10,14H2,1H3,(H,22,25). The first-order chi connectivity index (χ1) is 13.2. The molecular formula is C20H22N4OS2. The zero-order valence-corrected chi connectivity index (χ0v) is 16.9. The van der Waals surface area contributed by atoms with Crippen LogP contribution in [-0.2, 0) is 6.54 Å². The zero-order chi connectivity index (χ0) is 18.6. The van der Waals surface area contributed by atoms with Gasteiger partial charge in [0.05, 0.1) is 11.1 Å². The van der Waals surface area contributed by atoms with Gasteiger partial charge >= 0.3 is 0 Å². The summed E-state index contributed by atoms with van der Waals surface area (Å²) in [5, 5.41) is 5.91. The van der Waals surface area contributed by atoms with Gasteiger partial charge in [0.25, 0.3) is 5.91 Å². The van der Waals surface area contributed by atoms with E-state index < -0.39 is 0 Å². The van der Waals surface area contributed by atoms with Crippen LogP contribution in [0.3, 0.4) is 0 Å². The van der Waals surface area contributed by atoms with Crippen molar-refractivity contribution >= 4 is 34.3 Å². The van der Waals surface area contributed by atoms with E-state index in [1.807, 2.05) is 29.6 Å². The van der Waals surface area contributed by atoms with Crippen LogP contribution in [-0.4, -0.2) is 53.9 Å². The number of anilines is 1. The monoisotopic (exact) mass is 398 g/mol. The molecule has 0 unspecified atom stereocenters. The molecule has 0 bridgehead atoms. The van der Waals surface area contributed by atoms with Crippen LogP contribution in [0.1, 0.15) is 15.2 Å². The molecule has 0 radical (unpaired) electrons. The average Bonchev–Trinajstić information content (AvgIpc) is 3.35. The predicted molar refractivity (Wildman–Crippen MR) is 113 cm³/mol. The molecule has 27 heavy (non-hydrogen) atoms. The number of aromatic nitrogens is 1.